The van der Waals surface area contributed by atoms with Crippen molar-refractivity contribution in [1.29, 1.82) is 0 Å². The number of halogens is 1. The van der Waals surface area contributed by atoms with Gasteiger partial charge in [-0.2, -0.15) is 0 Å². The van der Waals surface area contributed by atoms with Gasteiger partial charge in [-0.3, -0.25) is 4.79 Å². The second-order valence-corrected chi connectivity index (χ2v) is 8.08. The topological polar surface area (TPSA) is 80.5 Å². The van der Waals surface area contributed by atoms with Gasteiger partial charge < -0.3 is 10.6 Å². The first-order chi connectivity index (χ1) is 10.3. The molecule has 1 aromatic rings. The highest BCUT2D eigenvalue weighted by atomic mass is 35.5. The summed E-state index contributed by atoms with van der Waals surface area (Å²) in [6.45, 7) is 4.62. The van der Waals surface area contributed by atoms with E-state index in [9.17, 15) is 13.2 Å². The Morgan fingerprint density at radius 1 is 1.32 bits per heavy atom. The minimum absolute atomic E-state index is 0.00734. The van der Waals surface area contributed by atoms with Gasteiger partial charge in [-0.05, 0) is 38.5 Å². The number of alkyl halides is 1. The van der Waals surface area contributed by atoms with Crippen LogP contribution in [0, 0.1) is 0 Å². The molecule has 0 aliphatic carbocycles. The number of amides is 1. The molecule has 2 N–H and O–H groups in total. The molecule has 0 bridgehead atoms. The summed E-state index contributed by atoms with van der Waals surface area (Å²) in [4.78, 5) is 13.3. The zero-order valence-electron chi connectivity index (χ0n) is 13.0. The summed E-state index contributed by atoms with van der Waals surface area (Å²) in [7, 11) is -3.09. The van der Waals surface area contributed by atoms with Crippen LogP contribution in [0.3, 0.4) is 0 Å². The summed E-state index contributed by atoms with van der Waals surface area (Å²) in [6, 6.07) is 7.23. The van der Waals surface area contributed by atoms with Gasteiger partial charge in [0.2, 0.25) is 5.91 Å². The lowest BCUT2D eigenvalue weighted by molar-refractivity contribution is 0.100. The van der Waals surface area contributed by atoms with Crippen LogP contribution >= 0.6 is 11.6 Å². The van der Waals surface area contributed by atoms with E-state index in [1.54, 1.807) is 18.2 Å². The van der Waals surface area contributed by atoms with Crippen LogP contribution in [-0.2, 0) is 9.84 Å². The van der Waals surface area contributed by atoms with Gasteiger partial charge in [0.25, 0.3) is 0 Å². The minimum Gasteiger partial charge on any atom is -0.369 e. The molecule has 124 valence electrons. The number of benzene rings is 1. The lowest BCUT2D eigenvalue weighted by atomic mass is 10.1. The average molecular weight is 347 g/mol. The van der Waals surface area contributed by atoms with Crippen LogP contribution < -0.4 is 10.6 Å². The standard InChI is InChI=1S/C15H23ClN2O3S/c1-12(2)18(8-4-9-22(20,21)10-7-16)14-6-3-5-13(11-14)15(17)19/h3,5-6,11-12H,4,7-10H2,1-2H3,(H2,17,19). The Balaban J connectivity index is 2.78. The predicted octanol–water partition coefficient (Wildman–Crippen LogP) is 2.04. The molecule has 0 aliphatic rings. The quantitative estimate of drug-likeness (QED) is 0.694. The third-order valence-corrected chi connectivity index (χ3v) is 5.48. The zero-order chi connectivity index (χ0) is 16.8. The van der Waals surface area contributed by atoms with Crippen molar-refractivity contribution in [3.63, 3.8) is 0 Å². The Labute approximate surface area is 137 Å². The second-order valence-electron chi connectivity index (χ2n) is 5.40. The molecule has 0 fully saturated rings. The van der Waals surface area contributed by atoms with Gasteiger partial charge in [-0.25, -0.2) is 8.42 Å². The molecule has 22 heavy (non-hydrogen) atoms. The number of anilines is 1. The van der Waals surface area contributed by atoms with Crippen molar-refractivity contribution in [3.8, 4) is 0 Å². The second kappa shape index (κ2) is 8.39. The predicted molar refractivity (Wildman–Crippen MR) is 91.4 cm³/mol. The van der Waals surface area contributed by atoms with Gasteiger partial charge >= 0.3 is 0 Å². The summed E-state index contributed by atoms with van der Waals surface area (Å²) >= 11 is 5.49. The number of sulfone groups is 1. The number of rotatable bonds is 9. The first kappa shape index (κ1) is 18.8. The van der Waals surface area contributed by atoms with Crippen LogP contribution in [0.5, 0.6) is 0 Å². The molecule has 0 atom stereocenters. The number of nitrogens with zero attached hydrogens (tertiary/aromatic N) is 1. The summed E-state index contributed by atoms with van der Waals surface area (Å²) in [6.07, 6.45) is 0.512. The molecule has 0 spiro atoms. The number of carbonyl (C=O) groups is 1. The summed E-state index contributed by atoms with van der Waals surface area (Å²) in [5.41, 5.74) is 6.60. The molecular weight excluding hydrogens is 324 g/mol. The van der Waals surface area contributed by atoms with E-state index in [0.29, 0.717) is 18.5 Å². The minimum atomic E-state index is -3.09. The lowest BCUT2D eigenvalue weighted by Gasteiger charge is -2.29. The van der Waals surface area contributed by atoms with E-state index in [2.05, 4.69) is 4.90 Å². The van der Waals surface area contributed by atoms with Crippen molar-refractivity contribution in [1.82, 2.24) is 0 Å². The van der Waals surface area contributed by atoms with Crippen LogP contribution in [0.25, 0.3) is 0 Å². The number of nitrogens with two attached hydrogens (primary N) is 1. The van der Waals surface area contributed by atoms with E-state index in [1.807, 2.05) is 19.9 Å². The maximum atomic E-state index is 11.7. The van der Waals surface area contributed by atoms with Crippen LogP contribution in [0.15, 0.2) is 24.3 Å². The van der Waals surface area contributed by atoms with Crippen molar-refractivity contribution < 1.29 is 13.2 Å². The highest BCUT2D eigenvalue weighted by Crippen LogP contribution is 2.19. The van der Waals surface area contributed by atoms with Crippen molar-refractivity contribution in [3.05, 3.63) is 29.8 Å². The normalized spacial score (nSPS) is 11.6. The fourth-order valence-corrected chi connectivity index (χ4v) is 3.91. The number of hydrogen-bond donors (Lipinski definition) is 1. The number of hydrogen-bond acceptors (Lipinski definition) is 4. The van der Waals surface area contributed by atoms with Gasteiger partial charge in [-0.15, -0.1) is 11.6 Å². The highest BCUT2D eigenvalue weighted by molar-refractivity contribution is 7.91. The van der Waals surface area contributed by atoms with Crippen molar-refractivity contribution in [2.75, 3.05) is 28.8 Å². The average Bonchev–Trinajstić information content (AvgIpc) is 2.43. The van der Waals surface area contributed by atoms with E-state index >= 15 is 0 Å². The third-order valence-electron chi connectivity index (χ3n) is 3.33. The fourth-order valence-electron chi connectivity index (χ4n) is 2.20. The lowest BCUT2D eigenvalue weighted by Crippen LogP contribution is -2.33. The third kappa shape index (κ3) is 5.85. The largest absolute Gasteiger partial charge is 0.369 e. The maximum absolute atomic E-state index is 11.7. The molecule has 1 amide bonds. The molecule has 0 heterocycles. The van der Waals surface area contributed by atoms with E-state index in [0.717, 1.165) is 5.69 Å². The van der Waals surface area contributed by atoms with Crippen LogP contribution in [-0.4, -0.2) is 44.3 Å². The van der Waals surface area contributed by atoms with Crippen molar-refractivity contribution in [2.24, 2.45) is 5.73 Å². The van der Waals surface area contributed by atoms with Crippen molar-refractivity contribution in [2.45, 2.75) is 26.3 Å². The highest BCUT2D eigenvalue weighted by Gasteiger charge is 2.15. The Hall–Kier alpha value is -1.27. The Kier molecular flexibility index (Phi) is 7.16. The number of primary amides is 1. The molecule has 1 aromatic carbocycles. The fraction of sp³-hybridized carbons (Fsp3) is 0.533. The molecule has 0 radical (unpaired) electrons. The Morgan fingerprint density at radius 2 is 2.00 bits per heavy atom. The molecule has 0 saturated heterocycles. The van der Waals surface area contributed by atoms with E-state index in [4.69, 9.17) is 17.3 Å². The van der Waals surface area contributed by atoms with Crippen LogP contribution in [0.4, 0.5) is 5.69 Å². The molecule has 5 nitrogen and oxygen atoms in total. The van der Waals surface area contributed by atoms with Crippen LogP contribution in [0.2, 0.25) is 0 Å². The van der Waals surface area contributed by atoms with Crippen molar-refractivity contribution >= 4 is 33.0 Å². The van der Waals surface area contributed by atoms with Gasteiger partial charge in [0.05, 0.1) is 11.5 Å². The smallest absolute Gasteiger partial charge is 0.248 e. The van der Waals surface area contributed by atoms with Crippen LogP contribution in [0.1, 0.15) is 30.6 Å². The first-order valence-electron chi connectivity index (χ1n) is 7.19. The van der Waals surface area contributed by atoms with Gasteiger partial charge in [-0.1, -0.05) is 6.07 Å². The number of carbonyl (C=O) groups excluding carboxylic acids is 1. The summed E-state index contributed by atoms with van der Waals surface area (Å²) in [5, 5.41) is 0. The molecular formula is C15H23ClN2O3S. The molecule has 0 unspecified atom stereocenters. The first-order valence-corrected chi connectivity index (χ1v) is 9.55. The summed E-state index contributed by atoms with van der Waals surface area (Å²) < 4.78 is 23.4. The van der Waals surface area contributed by atoms with Gasteiger partial charge in [0.15, 0.2) is 9.84 Å². The maximum Gasteiger partial charge on any atom is 0.248 e. The summed E-state index contributed by atoms with van der Waals surface area (Å²) in [5.74, 6) is -0.238. The van der Waals surface area contributed by atoms with E-state index < -0.39 is 15.7 Å². The molecule has 0 aromatic heterocycles. The van der Waals surface area contributed by atoms with Gasteiger partial charge in [0, 0.05) is 29.7 Å². The van der Waals surface area contributed by atoms with Gasteiger partial charge in [0.1, 0.15) is 0 Å². The SMILES string of the molecule is CC(C)N(CCCS(=O)(=O)CCCl)c1cccc(C(N)=O)c1. The van der Waals surface area contributed by atoms with E-state index in [1.165, 1.54) is 0 Å². The zero-order valence-corrected chi connectivity index (χ0v) is 14.5. The van der Waals surface area contributed by atoms with E-state index in [-0.39, 0.29) is 23.4 Å². The monoisotopic (exact) mass is 346 g/mol. The molecule has 0 saturated carbocycles. The Morgan fingerprint density at radius 3 is 2.55 bits per heavy atom. The Bertz CT molecular complexity index is 603. The molecule has 1 rings (SSSR count). The molecule has 7 heteroatoms. The molecule has 0 aliphatic heterocycles.